The van der Waals surface area contributed by atoms with Crippen molar-refractivity contribution in [3.63, 3.8) is 0 Å². The van der Waals surface area contributed by atoms with Gasteiger partial charge in [-0.3, -0.25) is 9.59 Å². The van der Waals surface area contributed by atoms with Gasteiger partial charge in [-0.2, -0.15) is 0 Å². The molecule has 0 aliphatic carbocycles. The molecule has 0 bridgehead atoms. The Morgan fingerprint density at radius 2 is 2.00 bits per heavy atom. The topological polar surface area (TPSA) is 57.6 Å². The predicted molar refractivity (Wildman–Crippen MR) is 89.2 cm³/mol. The van der Waals surface area contributed by atoms with Gasteiger partial charge in [0.1, 0.15) is 0 Å². The highest BCUT2D eigenvalue weighted by atomic mass is 32.1. The number of benzene rings is 1. The van der Waals surface area contributed by atoms with Crippen LogP contribution in [-0.2, 0) is 16.0 Å². The molecule has 1 aromatic carbocycles. The number of amides is 1. The van der Waals surface area contributed by atoms with E-state index in [1.165, 1.54) is 4.70 Å². The van der Waals surface area contributed by atoms with Crippen LogP contribution in [0.15, 0.2) is 29.6 Å². The van der Waals surface area contributed by atoms with Crippen LogP contribution in [0.1, 0.15) is 25.8 Å². The van der Waals surface area contributed by atoms with E-state index in [9.17, 15) is 9.59 Å². The lowest BCUT2D eigenvalue weighted by Crippen LogP contribution is -2.36. The average molecular weight is 319 g/mol. The van der Waals surface area contributed by atoms with Crippen molar-refractivity contribution in [2.24, 2.45) is 5.92 Å². The van der Waals surface area contributed by atoms with Gasteiger partial charge >= 0.3 is 5.97 Å². The third-order valence-corrected chi connectivity index (χ3v) is 4.45. The lowest BCUT2D eigenvalue weighted by molar-refractivity contribution is -0.138. The molecule has 1 amide bonds. The summed E-state index contributed by atoms with van der Waals surface area (Å²) in [7, 11) is 0. The van der Waals surface area contributed by atoms with Crippen molar-refractivity contribution in [3.05, 3.63) is 35.2 Å². The highest BCUT2D eigenvalue weighted by molar-refractivity contribution is 7.17. The van der Waals surface area contributed by atoms with Crippen molar-refractivity contribution in [3.8, 4) is 0 Å². The van der Waals surface area contributed by atoms with Crippen LogP contribution < -0.4 is 0 Å². The molecule has 0 saturated carbocycles. The highest BCUT2D eigenvalue weighted by Gasteiger charge is 2.18. The standard InChI is InChI=1S/C17H21NO3S/c1-12(2)10-18(8-7-17(20)21)16(19)9-13-11-22-15-6-4-3-5-14(13)15/h3-6,11-12H,7-10H2,1-2H3,(H,20,21). The number of fused-ring (bicyclic) bond motifs is 1. The van der Waals surface area contributed by atoms with E-state index in [1.807, 2.05) is 43.5 Å². The number of carbonyl (C=O) groups is 2. The molecule has 118 valence electrons. The number of carbonyl (C=O) groups excluding carboxylic acids is 1. The monoisotopic (exact) mass is 319 g/mol. The smallest absolute Gasteiger partial charge is 0.305 e. The molecule has 0 fully saturated rings. The Morgan fingerprint density at radius 3 is 2.68 bits per heavy atom. The lowest BCUT2D eigenvalue weighted by atomic mass is 10.1. The summed E-state index contributed by atoms with van der Waals surface area (Å²) in [6, 6.07) is 8.03. The molecular weight excluding hydrogens is 298 g/mol. The van der Waals surface area contributed by atoms with E-state index in [4.69, 9.17) is 5.11 Å². The number of carboxylic acid groups (broad SMARTS) is 1. The molecule has 1 aromatic heterocycles. The summed E-state index contributed by atoms with van der Waals surface area (Å²) in [5.74, 6) is -0.557. The highest BCUT2D eigenvalue weighted by Crippen LogP contribution is 2.26. The number of nitrogens with zero attached hydrogens (tertiary/aromatic N) is 1. The van der Waals surface area contributed by atoms with Gasteiger partial charge in [-0.1, -0.05) is 32.0 Å². The second-order valence-electron chi connectivity index (χ2n) is 5.81. The van der Waals surface area contributed by atoms with Crippen molar-refractivity contribution < 1.29 is 14.7 Å². The molecule has 0 radical (unpaired) electrons. The zero-order valence-corrected chi connectivity index (χ0v) is 13.7. The van der Waals surface area contributed by atoms with Crippen LogP contribution in [0.3, 0.4) is 0 Å². The first-order valence-electron chi connectivity index (χ1n) is 7.42. The Morgan fingerprint density at radius 1 is 1.27 bits per heavy atom. The zero-order valence-electron chi connectivity index (χ0n) is 12.9. The van der Waals surface area contributed by atoms with Crippen molar-refractivity contribution in [2.75, 3.05) is 13.1 Å². The molecule has 0 saturated heterocycles. The first-order chi connectivity index (χ1) is 10.5. The summed E-state index contributed by atoms with van der Waals surface area (Å²) in [6.45, 7) is 4.92. The number of hydrogen-bond acceptors (Lipinski definition) is 3. The molecule has 2 rings (SSSR count). The second kappa shape index (κ2) is 7.40. The summed E-state index contributed by atoms with van der Waals surface area (Å²) in [5.41, 5.74) is 1.02. The zero-order chi connectivity index (χ0) is 16.1. The maximum Gasteiger partial charge on any atom is 0.305 e. The summed E-state index contributed by atoms with van der Waals surface area (Å²) in [4.78, 5) is 25.0. The number of carboxylic acids is 1. The van der Waals surface area contributed by atoms with Crippen molar-refractivity contribution in [1.82, 2.24) is 4.90 Å². The van der Waals surface area contributed by atoms with E-state index in [0.717, 1.165) is 10.9 Å². The number of hydrogen-bond donors (Lipinski definition) is 1. The fourth-order valence-electron chi connectivity index (χ4n) is 2.43. The van der Waals surface area contributed by atoms with Gasteiger partial charge in [-0.15, -0.1) is 11.3 Å². The molecule has 5 heteroatoms. The Labute approximate surface area is 134 Å². The predicted octanol–water partition coefficient (Wildman–Crippen LogP) is 3.40. The molecule has 0 atom stereocenters. The molecule has 0 aliphatic rings. The van der Waals surface area contributed by atoms with Crippen LogP contribution in [0.25, 0.3) is 10.1 Å². The second-order valence-corrected chi connectivity index (χ2v) is 6.72. The average Bonchev–Trinajstić information content (AvgIpc) is 2.86. The maximum atomic E-state index is 12.5. The van der Waals surface area contributed by atoms with Gasteiger partial charge < -0.3 is 10.0 Å². The van der Waals surface area contributed by atoms with Crippen LogP contribution >= 0.6 is 11.3 Å². The molecule has 4 nitrogen and oxygen atoms in total. The number of rotatable bonds is 7. The third kappa shape index (κ3) is 4.31. The Balaban J connectivity index is 2.10. The Hall–Kier alpha value is -1.88. The van der Waals surface area contributed by atoms with Crippen LogP contribution in [0.5, 0.6) is 0 Å². The molecule has 1 N–H and O–H groups in total. The minimum atomic E-state index is -0.873. The van der Waals surface area contributed by atoms with E-state index >= 15 is 0 Å². The minimum Gasteiger partial charge on any atom is -0.481 e. The fraction of sp³-hybridized carbons (Fsp3) is 0.412. The van der Waals surface area contributed by atoms with Crippen molar-refractivity contribution >= 4 is 33.3 Å². The first kappa shape index (κ1) is 16.5. The largest absolute Gasteiger partial charge is 0.481 e. The summed E-state index contributed by atoms with van der Waals surface area (Å²) in [6.07, 6.45) is 0.319. The SMILES string of the molecule is CC(C)CN(CCC(=O)O)C(=O)Cc1csc2ccccc12. The van der Waals surface area contributed by atoms with Crippen LogP contribution in [0.4, 0.5) is 0 Å². The molecule has 0 spiro atoms. The van der Waals surface area contributed by atoms with Crippen LogP contribution in [0, 0.1) is 5.92 Å². The Bertz CT molecular complexity index is 663. The Kier molecular flexibility index (Phi) is 5.55. The van der Waals surface area contributed by atoms with Crippen LogP contribution in [-0.4, -0.2) is 35.0 Å². The maximum absolute atomic E-state index is 12.5. The molecule has 0 aliphatic heterocycles. The molecule has 22 heavy (non-hydrogen) atoms. The molecule has 0 unspecified atom stereocenters. The molecule has 1 heterocycles. The fourth-order valence-corrected chi connectivity index (χ4v) is 3.40. The van der Waals surface area contributed by atoms with Gasteiger partial charge in [0.25, 0.3) is 0 Å². The van der Waals surface area contributed by atoms with Gasteiger partial charge in [0.2, 0.25) is 5.91 Å². The summed E-state index contributed by atoms with van der Waals surface area (Å²) in [5, 5.41) is 12.0. The number of aliphatic carboxylic acids is 1. The van der Waals surface area contributed by atoms with Crippen molar-refractivity contribution in [1.29, 1.82) is 0 Å². The van der Waals surface area contributed by atoms with Gasteiger partial charge in [0.15, 0.2) is 0 Å². The minimum absolute atomic E-state index is 0.00139. The van der Waals surface area contributed by atoms with E-state index in [1.54, 1.807) is 16.2 Å². The van der Waals surface area contributed by atoms with Gasteiger partial charge in [0, 0.05) is 17.8 Å². The van der Waals surface area contributed by atoms with E-state index in [2.05, 4.69) is 0 Å². The van der Waals surface area contributed by atoms with Gasteiger partial charge in [-0.05, 0) is 28.3 Å². The molecule has 2 aromatic rings. The van der Waals surface area contributed by atoms with E-state index in [-0.39, 0.29) is 18.9 Å². The van der Waals surface area contributed by atoms with E-state index < -0.39 is 5.97 Å². The summed E-state index contributed by atoms with van der Waals surface area (Å²) >= 11 is 1.63. The van der Waals surface area contributed by atoms with Gasteiger partial charge in [-0.25, -0.2) is 0 Å². The first-order valence-corrected chi connectivity index (χ1v) is 8.30. The lowest BCUT2D eigenvalue weighted by Gasteiger charge is -2.24. The summed E-state index contributed by atoms with van der Waals surface area (Å²) < 4.78 is 1.17. The van der Waals surface area contributed by atoms with Crippen molar-refractivity contribution in [2.45, 2.75) is 26.7 Å². The third-order valence-electron chi connectivity index (χ3n) is 3.44. The van der Waals surface area contributed by atoms with E-state index in [0.29, 0.717) is 18.9 Å². The van der Waals surface area contributed by atoms with Gasteiger partial charge in [0.05, 0.1) is 12.8 Å². The molecular formula is C17H21NO3S. The van der Waals surface area contributed by atoms with Crippen LogP contribution in [0.2, 0.25) is 0 Å². The quantitative estimate of drug-likeness (QED) is 0.851. The number of thiophene rings is 1. The normalized spacial score (nSPS) is 11.0.